The second-order valence-electron chi connectivity index (χ2n) is 4.31. The van der Waals surface area contributed by atoms with Gasteiger partial charge in [0.2, 0.25) is 0 Å². The first kappa shape index (κ1) is 15.1. The summed E-state index contributed by atoms with van der Waals surface area (Å²) in [5.41, 5.74) is -0.291. The molecule has 1 N–H and O–H groups in total. The van der Waals surface area contributed by atoms with E-state index in [1.165, 1.54) is 31.2 Å². The van der Waals surface area contributed by atoms with Gasteiger partial charge < -0.3 is 0 Å². The Kier molecular flexibility index (Phi) is 4.04. The zero-order chi connectivity index (χ0) is 15.6. The molecule has 0 saturated carbocycles. The lowest BCUT2D eigenvalue weighted by molar-refractivity contribution is 0.101. The predicted octanol–water partition coefficient (Wildman–Crippen LogP) is 2.97. The average molecular weight is 311 g/mol. The summed E-state index contributed by atoms with van der Waals surface area (Å²) >= 11 is 0. The molecule has 0 bridgehead atoms. The van der Waals surface area contributed by atoms with Crippen LogP contribution in [0.5, 0.6) is 0 Å². The quantitative estimate of drug-likeness (QED) is 0.883. The van der Waals surface area contributed by atoms with Crippen molar-refractivity contribution in [3.05, 3.63) is 59.7 Å². The number of nitrogens with one attached hydrogen (secondary N) is 1. The number of hydrogen-bond donors (Lipinski definition) is 1. The monoisotopic (exact) mass is 311 g/mol. The van der Waals surface area contributed by atoms with Gasteiger partial charge in [0.25, 0.3) is 10.0 Å². The Morgan fingerprint density at radius 3 is 2.48 bits per heavy atom. The molecular formula is C14H11F2NO3S. The van der Waals surface area contributed by atoms with Gasteiger partial charge in [-0.05, 0) is 31.2 Å². The molecule has 0 spiro atoms. The van der Waals surface area contributed by atoms with Gasteiger partial charge in [-0.3, -0.25) is 9.52 Å². The fourth-order valence-electron chi connectivity index (χ4n) is 1.66. The van der Waals surface area contributed by atoms with Crippen molar-refractivity contribution in [2.24, 2.45) is 0 Å². The highest BCUT2D eigenvalue weighted by molar-refractivity contribution is 7.92. The number of benzene rings is 2. The van der Waals surface area contributed by atoms with Crippen molar-refractivity contribution in [3.8, 4) is 0 Å². The van der Waals surface area contributed by atoms with Crippen molar-refractivity contribution in [2.75, 3.05) is 4.72 Å². The van der Waals surface area contributed by atoms with Crippen LogP contribution in [0.3, 0.4) is 0 Å². The van der Waals surface area contributed by atoms with Crippen LogP contribution in [0.4, 0.5) is 14.5 Å². The summed E-state index contributed by atoms with van der Waals surface area (Å²) < 4.78 is 52.7. The summed E-state index contributed by atoms with van der Waals surface area (Å²) in [4.78, 5) is 11.0. The molecule has 2 aromatic carbocycles. The lowest BCUT2D eigenvalue weighted by Gasteiger charge is -2.09. The van der Waals surface area contributed by atoms with Crippen LogP contribution in [0.25, 0.3) is 0 Å². The molecule has 21 heavy (non-hydrogen) atoms. The largest absolute Gasteiger partial charge is 0.295 e. The molecule has 110 valence electrons. The third kappa shape index (κ3) is 3.43. The Morgan fingerprint density at radius 2 is 1.81 bits per heavy atom. The number of carbonyl (C=O) groups is 1. The minimum absolute atomic E-state index is 0.206. The van der Waals surface area contributed by atoms with E-state index in [2.05, 4.69) is 0 Å². The number of rotatable bonds is 4. The van der Waals surface area contributed by atoms with Crippen molar-refractivity contribution in [3.63, 3.8) is 0 Å². The third-order valence-electron chi connectivity index (χ3n) is 2.72. The van der Waals surface area contributed by atoms with Crippen LogP contribution >= 0.6 is 0 Å². The third-order valence-corrected chi connectivity index (χ3v) is 4.09. The number of sulfonamides is 1. The Morgan fingerprint density at radius 1 is 1.10 bits per heavy atom. The smallest absolute Gasteiger partial charge is 0.262 e. The second-order valence-corrected chi connectivity index (χ2v) is 6.00. The molecule has 0 aromatic heterocycles. The van der Waals surface area contributed by atoms with Gasteiger partial charge in [0, 0.05) is 11.6 Å². The fourth-order valence-corrected chi connectivity index (χ4v) is 2.77. The average Bonchev–Trinajstić information content (AvgIpc) is 2.43. The molecule has 0 amide bonds. The van der Waals surface area contributed by atoms with E-state index in [1.54, 1.807) is 0 Å². The SMILES string of the molecule is CC(=O)c1cccc(S(=O)(=O)Nc2cc(F)ccc2F)c1. The van der Waals surface area contributed by atoms with Gasteiger partial charge in [0.1, 0.15) is 11.6 Å². The number of anilines is 1. The first-order valence-corrected chi connectivity index (χ1v) is 7.37. The Balaban J connectivity index is 2.41. The van der Waals surface area contributed by atoms with Crippen LogP contribution in [0, 0.1) is 11.6 Å². The summed E-state index contributed by atoms with van der Waals surface area (Å²) in [5.74, 6) is -1.97. The van der Waals surface area contributed by atoms with E-state index in [1.807, 2.05) is 4.72 Å². The molecule has 0 radical (unpaired) electrons. The minimum atomic E-state index is -4.12. The highest BCUT2D eigenvalue weighted by Gasteiger charge is 2.17. The molecule has 0 heterocycles. The van der Waals surface area contributed by atoms with Gasteiger partial charge in [0.05, 0.1) is 10.6 Å². The zero-order valence-corrected chi connectivity index (χ0v) is 11.7. The minimum Gasteiger partial charge on any atom is -0.295 e. The van der Waals surface area contributed by atoms with E-state index in [9.17, 15) is 22.0 Å². The van der Waals surface area contributed by atoms with Crippen LogP contribution < -0.4 is 4.72 Å². The molecule has 7 heteroatoms. The highest BCUT2D eigenvalue weighted by Crippen LogP contribution is 2.21. The van der Waals surface area contributed by atoms with Gasteiger partial charge in [0.15, 0.2) is 5.78 Å². The van der Waals surface area contributed by atoms with Crippen LogP contribution in [0.1, 0.15) is 17.3 Å². The molecule has 0 atom stereocenters. The van der Waals surface area contributed by atoms with Crippen molar-refractivity contribution < 1.29 is 22.0 Å². The number of hydrogen-bond acceptors (Lipinski definition) is 3. The van der Waals surface area contributed by atoms with E-state index >= 15 is 0 Å². The Bertz CT molecular complexity index is 804. The first-order valence-electron chi connectivity index (χ1n) is 5.88. The molecule has 2 rings (SSSR count). The summed E-state index contributed by atoms with van der Waals surface area (Å²) in [5, 5.41) is 0. The summed E-state index contributed by atoms with van der Waals surface area (Å²) in [6.07, 6.45) is 0. The van der Waals surface area contributed by atoms with E-state index in [-0.39, 0.29) is 16.2 Å². The van der Waals surface area contributed by atoms with Crippen molar-refractivity contribution in [2.45, 2.75) is 11.8 Å². The molecule has 2 aromatic rings. The van der Waals surface area contributed by atoms with Gasteiger partial charge >= 0.3 is 0 Å². The molecule has 4 nitrogen and oxygen atoms in total. The van der Waals surface area contributed by atoms with Crippen LogP contribution in [0.15, 0.2) is 47.4 Å². The lowest BCUT2D eigenvalue weighted by atomic mass is 10.2. The van der Waals surface area contributed by atoms with Gasteiger partial charge in [-0.2, -0.15) is 0 Å². The van der Waals surface area contributed by atoms with Crippen LogP contribution in [-0.4, -0.2) is 14.2 Å². The number of ketones is 1. The zero-order valence-electron chi connectivity index (χ0n) is 10.9. The molecule has 0 aliphatic carbocycles. The molecule has 0 unspecified atom stereocenters. The molecule has 0 fully saturated rings. The predicted molar refractivity (Wildman–Crippen MR) is 73.6 cm³/mol. The standard InChI is InChI=1S/C14H11F2NO3S/c1-9(18)10-3-2-4-12(7-10)21(19,20)17-14-8-11(15)5-6-13(14)16/h2-8,17H,1H3. The van der Waals surface area contributed by atoms with Gasteiger partial charge in [-0.15, -0.1) is 0 Å². The number of carbonyl (C=O) groups excluding carboxylic acids is 1. The van der Waals surface area contributed by atoms with Crippen molar-refractivity contribution >= 4 is 21.5 Å². The van der Waals surface area contributed by atoms with Crippen molar-refractivity contribution in [1.82, 2.24) is 0 Å². The van der Waals surface area contributed by atoms with Crippen molar-refractivity contribution in [1.29, 1.82) is 0 Å². The summed E-state index contributed by atoms with van der Waals surface area (Å²) in [7, 11) is -4.12. The number of Topliss-reactive ketones (excluding diaryl/α,β-unsaturated/α-hetero) is 1. The van der Waals surface area contributed by atoms with Crippen LogP contribution in [-0.2, 0) is 10.0 Å². The molecule has 0 aliphatic rings. The van der Waals surface area contributed by atoms with E-state index in [4.69, 9.17) is 0 Å². The first-order chi connectivity index (χ1) is 9.79. The normalized spacial score (nSPS) is 11.2. The van der Waals surface area contributed by atoms with Gasteiger partial charge in [-0.1, -0.05) is 12.1 Å². The Hall–Kier alpha value is -2.28. The van der Waals surface area contributed by atoms with Crippen LogP contribution in [0.2, 0.25) is 0 Å². The Labute approximate surface area is 120 Å². The maximum absolute atomic E-state index is 13.5. The summed E-state index contributed by atoms with van der Waals surface area (Å²) in [6, 6.07) is 7.72. The highest BCUT2D eigenvalue weighted by atomic mass is 32.2. The molecular weight excluding hydrogens is 300 g/mol. The number of halogens is 2. The maximum atomic E-state index is 13.5. The van der Waals surface area contributed by atoms with E-state index in [0.717, 1.165) is 18.2 Å². The second kappa shape index (κ2) is 5.61. The topological polar surface area (TPSA) is 63.2 Å². The van der Waals surface area contributed by atoms with Gasteiger partial charge in [-0.25, -0.2) is 17.2 Å². The lowest BCUT2D eigenvalue weighted by Crippen LogP contribution is -2.14. The fraction of sp³-hybridized carbons (Fsp3) is 0.0714. The molecule has 0 saturated heterocycles. The van der Waals surface area contributed by atoms with E-state index in [0.29, 0.717) is 0 Å². The maximum Gasteiger partial charge on any atom is 0.262 e. The molecule has 0 aliphatic heterocycles. The summed E-state index contributed by atoms with van der Waals surface area (Å²) in [6.45, 7) is 1.30. The van der Waals surface area contributed by atoms with E-state index < -0.39 is 27.3 Å².